The van der Waals surface area contributed by atoms with E-state index in [2.05, 4.69) is 15.5 Å². The Morgan fingerprint density at radius 2 is 1.90 bits per heavy atom. The summed E-state index contributed by atoms with van der Waals surface area (Å²) >= 11 is 11.5. The van der Waals surface area contributed by atoms with E-state index in [-0.39, 0.29) is 5.02 Å². The first-order valence-corrected chi connectivity index (χ1v) is 6.61. The predicted octanol–water partition coefficient (Wildman–Crippen LogP) is 3.36. The van der Waals surface area contributed by atoms with Crippen LogP contribution in [0.2, 0.25) is 10.0 Å². The van der Waals surface area contributed by atoms with Crippen molar-refractivity contribution in [3.05, 3.63) is 52.3 Å². The van der Waals surface area contributed by atoms with Gasteiger partial charge in [0.05, 0.1) is 10.7 Å². The van der Waals surface area contributed by atoms with Crippen LogP contribution < -0.4 is 5.73 Å². The summed E-state index contributed by atoms with van der Waals surface area (Å²) in [4.78, 5) is 0. The summed E-state index contributed by atoms with van der Waals surface area (Å²) in [6.45, 7) is 0. The molecule has 0 saturated heterocycles. The van der Waals surface area contributed by atoms with E-state index in [9.17, 15) is 4.39 Å². The lowest BCUT2D eigenvalue weighted by atomic mass is 10.1. The average molecular weight is 324 g/mol. The van der Waals surface area contributed by atoms with E-state index in [1.54, 1.807) is 24.3 Å². The maximum Gasteiger partial charge on any atom is 0.189 e. The lowest BCUT2D eigenvalue weighted by Gasteiger charge is -2.07. The number of benzene rings is 2. The molecular formula is C13H8Cl2FN5. The molecule has 0 saturated carbocycles. The van der Waals surface area contributed by atoms with Crippen LogP contribution in [-0.2, 0) is 0 Å². The van der Waals surface area contributed by atoms with Crippen molar-refractivity contribution in [1.29, 1.82) is 0 Å². The molecule has 0 aliphatic carbocycles. The van der Waals surface area contributed by atoms with Crippen molar-refractivity contribution in [1.82, 2.24) is 20.2 Å². The van der Waals surface area contributed by atoms with Gasteiger partial charge in [0.2, 0.25) is 0 Å². The summed E-state index contributed by atoms with van der Waals surface area (Å²) in [6.07, 6.45) is 0. The Morgan fingerprint density at radius 1 is 1.10 bits per heavy atom. The summed E-state index contributed by atoms with van der Waals surface area (Å²) < 4.78 is 15.0. The van der Waals surface area contributed by atoms with Gasteiger partial charge in [-0.05, 0) is 40.8 Å². The van der Waals surface area contributed by atoms with Crippen molar-refractivity contribution >= 4 is 28.9 Å². The number of nitrogen functional groups attached to an aromatic ring is 1. The van der Waals surface area contributed by atoms with Crippen molar-refractivity contribution in [3.8, 4) is 17.1 Å². The molecule has 21 heavy (non-hydrogen) atoms. The molecule has 5 nitrogen and oxygen atoms in total. The van der Waals surface area contributed by atoms with Crippen molar-refractivity contribution in [2.75, 3.05) is 5.73 Å². The second-order valence-electron chi connectivity index (χ2n) is 4.24. The SMILES string of the molecule is Nc1cc(Cl)ccc1-c1nnnn1-c1ccc(Cl)c(F)c1. The third-order valence-electron chi connectivity index (χ3n) is 2.87. The van der Waals surface area contributed by atoms with Gasteiger partial charge in [0.25, 0.3) is 0 Å². The summed E-state index contributed by atoms with van der Waals surface area (Å²) in [5.74, 6) is -0.175. The van der Waals surface area contributed by atoms with Gasteiger partial charge in [0.15, 0.2) is 5.82 Å². The van der Waals surface area contributed by atoms with Crippen molar-refractivity contribution in [2.24, 2.45) is 0 Å². The lowest BCUT2D eigenvalue weighted by molar-refractivity contribution is 0.625. The van der Waals surface area contributed by atoms with Crippen LogP contribution in [0.4, 0.5) is 10.1 Å². The molecule has 106 valence electrons. The molecule has 0 atom stereocenters. The zero-order valence-corrected chi connectivity index (χ0v) is 12.0. The number of nitrogens with zero attached hydrogens (tertiary/aromatic N) is 4. The van der Waals surface area contributed by atoms with Gasteiger partial charge in [0, 0.05) is 22.3 Å². The Labute approximate surface area is 129 Å². The Hall–Kier alpha value is -2.18. The van der Waals surface area contributed by atoms with Crippen molar-refractivity contribution in [3.63, 3.8) is 0 Å². The summed E-state index contributed by atoms with van der Waals surface area (Å²) in [6, 6.07) is 9.26. The maximum absolute atomic E-state index is 13.6. The standard InChI is InChI=1S/C13H8Cl2FN5/c14-7-1-3-9(12(17)5-7)13-18-19-20-21(13)8-2-4-10(15)11(16)6-8/h1-6H,17H2. The van der Waals surface area contributed by atoms with E-state index in [0.29, 0.717) is 27.8 Å². The number of anilines is 1. The molecule has 0 fully saturated rings. The zero-order chi connectivity index (χ0) is 15.0. The van der Waals surface area contributed by atoms with E-state index in [4.69, 9.17) is 28.9 Å². The number of rotatable bonds is 2. The minimum atomic E-state index is -0.556. The highest BCUT2D eigenvalue weighted by Crippen LogP contribution is 2.28. The van der Waals surface area contributed by atoms with Gasteiger partial charge < -0.3 is 5.73 Å². The fourth-order valence-electron chi connectivity index (χ4n) is 1.88. The first-order valence-electron chi connectivity index (χ1n) is 5.85. The quantitative estimate of drug-likeness (QED) is 0.734. The van der Waals surface area contributed by atoms with Gasteiger partial charge in [-0.3, -0.25) is 0 Å². The van der Waals surface area contributed by atoms with E-state index < -0.39 is 5.82 Å². The number of halogens is 3. The molecule has 0 aliphatic heterocycles. The summed E-state index contributed by atoms with van der Waals surface area (Å²) in [5, 5.41) is 11.9. The number of hydrogen-bond acceptors (Lipinski definition) is 4. The fourth-order valence-corrected chi connectivity index (χ4v) is 2.18. The molecular weight excluding hydrogens is 316 g/mol. The third-order valence-corrected chi connectivity index (χ3v) is 3.41. The molecule has 0 spiro atoms. The molecule has 1 aromatic heterocycles. The number of nitrogens with two attached hydrogens (primary N) is 1. The molecule has 0 amide bonds. The second-order valence-corrected chi connectivity index (χ2v) is 5.09. The molecule has 2 aromatic carbocycles. The lowest BCUT2D eigenvalue weighted by Crippen LogP contribution is -2.02. The first-order chi connectivity index (χ1) is 10.1. The highest BCUT2D eigenvalue weighted by atomic mass is 35.5. The van der Waals surface area contributed by atoms with Crippen LogP contribution in [0.5, 0.6) is 0 Å². The largest absolute Gasteiger partial charge is 0.398 e. The number of tetrazole rings is 1. The van der Waals surface area contributed by atoms with Gasteiger partial charge in [-0.15, -0.1) is 5.10 Å². The van der Waals surface area contributed by atoms with Crippen LogP contribution >= 0.6 is 23.2 Å². The molecule has 8 heteroatoms. The topological polar surface area (TPSA) is 69.6 Å². The Balaban J connectivity index is 2.14. The molecule has 1 heterocycles. The van der Waals surface area contributed by atoms with E-state index >= 15 is 0 Å². The Morgan fingerprint density at radius 3 is 2.62 bits per heavy atom. The smallest absolute Gasteiger partial charge is 0.189 e. The number of hydrogen-bond donors (Lipinski definition) is 1. The number of aromatic nitrogens is 4. The summed E-state index contributed by atoms with van der Waals surface area (Å²) in [5.41, 5.74) is 7.38. The maximum atomic E-state index is 13.6. The summed E-state index contributed by atoms with van der Waals surface area (Å²) in [7, 11) is 0. The second kappa shape index (κ2) is 5.31. The average Bonchev–Trinajstić information content (AvgIpc) is 2.91. The first kappa shape index (κ1) is 13.8. The molecule has 2 N–H and O–H groups in total. The molecule has 3 rings (SSSR count). The fraction of sp³-hybridized carbons (Fsp3) is 0. The van der Waals surface area contributed by atoms with Crippen LogP contribution in [0.1, 0.15) is 0 Å². The van der Waals surface area contributed by atoms with Gasteiger partial charge >= 0.3 is 0 Å². The van der Waals surface area contributed by atoms with Crippen LogP contribution in [0, 0.1) is 5.82 Å². The normalized spacial score (nSPS) is 10.8. The van der Waals surface area contributed by atoms with Gasteiger partial charge in [-0.25, -0.2) is 4.39 Å². The van der Waals surface area contributed by atoms with Gasteiger partial charge in [-0.1, -0.05) is 23.2 Å². The van der Waals surface area contributed by atoms with Crippen LogP contribution in [0.25, 0.3) is 17.1 Å². The van der Waals surface area contributed by atoms with E-state index in [1.165, 1.54) is 16.8 Å². The monoisotopic (exact) mass is 323 g/mol. The molecule has 0 aliphatic rings. The van der Waals surface area contributed by atoms with Crippen molar-refractivity contribution < 1.29 is 4.39 Å². The highest BCUT2D eigenvalue weighted by Gasteiger charge is 2.14. The van der Waals surface area contributed by atoms with E-state index in [0.717, 1.165) is 0 Å². The molecule has 3 aromatic rings. The predicted molar refractivity (Wildman–Crippen MR) is 79.0 cm³/mol. The van der Waals surface area contributed by atoms with Crippen molar-refractivity contribution in [2.45, 2.75) is 0 Å². The van der Waals surface area contributed by atoms with Crippen LogP contribution in [0.3, 0.4) is 0 Å². The molecule has 0 radical (unpaired) electrons. The third kappa shape index (κ3) is 2.55. The molecule has 0 unspecified atom stereocenters. The van der Waals surface area contributed by atoms with Crippen LogP contribution in [-0.4, -0.2) is 20.2 Å². The van der Waals surface area contributed by atoms with Gasteiger partial charge in [0.1, 0.15) is 5.82 Å². The minimum Gasteiger partial charge on any atom is -0.398 e. The van der Waals surface area contributed by atoms with Crippen LogP contribution in [0.15, 0.2) is 36.4 Å². The highest BCUT2D eigenvalue weighted by molar-refractivity contribution is 6.31. The zero-order valence-electron chi connectivity index (χ0n) is 10.5. The molecule has 0 bridgehead atoms. The Kier molecular flexibility index (Phi) is 3.48. The van der Waals surface area contributed by atoms with Gasteiger partial charge in [-0.2, -0.15) is 4.68 Å². The minimum absolute atomic E-state index is 0.0272. The Bertz CT molecular complexity index is 818. The van der Waals surface area contributed by atoms with E-state index in [1.807, 2.05) is 0 Å².